The van der Waals surface area contributed by atoms with Crippen molar-refractivity contribution in [2.24, 2.45) is 0 Å². The maximum Gasteiger partial charge on any atom is 0.257 e. The number of phenolic OH excluding ortho intramolecular Hbond substituents is 1. The van der Waals surface area contributed by atoms with Crippen LogP contribution in [0.5, 0.6) is 29.0 Å². The zero-order valence-electron chi connectivity index (χ0n) is 24.6. The number of carbonyl (C=O) groups is 2. The summed E-state index contributed by atoms with van der Waals surface area (Å²) in [6.45, 7) is 0.189. The second-order valence-electron chi connectivity index (χ2n) is 10.1. The van der Waals surface area contributed by atoms with Gasteiger partial charge in [0.2, 0.25) is 11.8 Å². The minimum atomic E-state index is -0.818. The highest BCUT2D eigenvalue weighted by molar-refractivity contribution is 5.91. The predicted octanol–water partition coefficient (Wildman–Crippen LogP) is 6.53. The highest BCUT2D eigenvalue weighted by atomic mass is 19.1. The van der Waals surface area contributed by atoms with Gasteiger partial charge in [-0.25, -0.2) is 18.7 Å². The summed E-state index contributed by atoms with van der Waals surface area (Å²) in [6, 6.07) is 16.2. The number of unbranched alkanes of at least 4 members (excludes halogenated alkanes) is 1. The number of aromatic nitrogens is 3. The third-order valence-corrected chi connectivity index (χ3v) is 6.61. The molecule has 0 spiro atoms. The molecular formula is C33H29F2N5O6. The zero-order chi connectivity index (χ0) is 32.5. The molecule has 2 aromatic carbocycles. The number of fused-ring (bicyclic) bond motifs is 1. The topological polar surface area (TPSA) is 145 Å². The lowest BCUT2D eigenvalue weighted by atomic mass is 10.1. The van der Waals surface area contributed by atoms with Crippen LogP contribution in [0.3, 0.4) is 0 Å². The number of pyridine rings is 3. The van der Waals surface area contributed by atoms with Crippen LogP contribution in [0.4, 0.5) is 20.2 Å². The van der Waals surface area contributed by atoms with Gasteiger partial charge in [-0.1, -0.05) is 12.1 Å². The predicted molar refractivity (Wildman–Crippen MR) is 165 cm³/mol. The number of amides is 2. The van der Waals surface area contributed by atoms with Crippen LogP contribution in [0.1, 0.15) is 31.2 Å². The van der Waals surface area contributed by atoms with E-state index in [4.69, 9.17) is 14.2 Å². The lowest BCUT2D eigenvalue weighted by Crippen LogP contribution is -2.13. The van der Waals surface area contributed by atoms with E-state index in [9.17, 15) is 23.5 Å². The average Bonchev–Trinajstić information content (AvgIpc) is 3.05. The van der Waals surface area contributed by atoms with E-state index in [2.05, 4.69) is 25.6 Å². The van der Waals surface area contributed by atoms with Gasteiger partial charge in [0.25, 0.3) is 11.8 Å². The van der Waals surface area contributed by atoms with Crippen molar-refractivity contribution in [2.45, 2.75) is 32.3 Å². The van der Waals surface area contributed by atoms with Gasteiger partial charge < -0.3 is 30.0 Å². The van der Waals surface area contributed by atoms with Crippen molar-refractivity contribution < 1.29 is 37.7 Å². The van der Waals surface area contributed by atoms with Crippen LogP contribution >= 0.6 is 0 Å². The van der Waals surface area contributed by atoms with Crippen LogP contribution in [0.25, 0.3) is 11.0 Å². The van der Waals surface area contributed by atoms with Crippen LogP contribution in [0.15, 0.2) is 79.1 Å². The Morgan fingerprint density at radius 3 is 2.20 bits per heavy atom. The number of ether oxygens (including phenoxy) is 3. The molecule has 2 amide bonds. The fraction of sp³-hybridized carbons (Fsp3) is 0.182. The fourth-order valence-corrected chi connectivity index (χ4v) is 4.32. The number of anilines is 2. The van der Waals surface area contributed by atoms with Crippen molar-refractivity contribution in [2.75, 3.05) is 17.7 Å². The molecule has 13 heteroatoms. The highest BCUT2D eigenvalue weighted by Gasteiger charge is 2.17. The van der Waals surface area contributed by atoms with E-state index in [0.29, 0.717) is 29.8 Å². The Bertz CT molecular complexity index is 1840. The van der Waals surface area contributed by atoms with Gasteiger partial charge in [-0.15, -0.1) is 0 Å². The van der Waals surface area contributed by atoms with Crippen LogP contribution in [0.2, 0.25) is 0 Å². The molecule has 236 valence electrons. The van der Waals surface area contributed by atoms with Gasteiger partial charge in [-0.2, -0.15) is 0 Å². The molecule has 0 saturated carbocycles. The second kappa shape index (κ2) is 14.8. The van der Waals surface area contributed by atoms with Gasteiger partial charge in [-0.3, -0.25) is 14.6 Å². The Hall–Kier alpha value is -5.85. The highest BCUT2D eigenvalue weighted by Crippen LogP contribution is 2.35. The standard InChI is InChI=1S/C33H29F2N5O6/c1-44-33-28(45-19-20-6-12-24(41)13-7-20)17-26-31(40-33)27(14-15-36-26)46-32-25(35)16-23(18-37-32)39-30(43)5-3-2-4-29(42)38-22-10-8-21(34)9-11-22/h6-18,41H,2-5,19H2,1H3,(H,38,42)(H,39,43). The van der Waals surface area contributed by atoms with Crippen molar-refractivity contribution in [3.05, 3.63) is 96.3 Å². The Kier molecular flexibility index (Phi) is 10.1. The third kappa shape index (κ3) is 8.40. The van der Waals surface area contributed by atoms with E-state index < -0.39 is 11.6 Å². The van der Waals surface area contributed by atoms with Gasteiger partial charge in [0.15, 0.2) is 17.3 Å². The van der Waals surface area contributed by atoms with E-state index >= 15 is 0 Å². The lowest BCUT2D eigenvalue weighted by molar-refractivity contribution is -0.118. The molecule has 0 atom stereocenters. The van der Waals surface area contributed by atoms with Crippen LogP contribution in [-0.4, -0.2) is 39.0 Å². The van der Waals surface area contributed by atoms with Gasteiger partial charge >= 0.3 is 0 Å². The number of methoxy groups -OCH3 is 1. The number of hydrogen-bond acceptors (Lipinski definition) is 9. The largest absolute Gasteiger partial charge is 0.508 e. The van der Waals surface area contributed by atoms with Crippen LogP contribution in [0, 0.1) is 11.6 Å². The minimum absolute atomic E-state index is 0.112. The maximum atomic E-state index is 15.0. The maximum absolute atomic E-state index is 15.0. The zero-order valence-corrected chi connectivity index (χ0v) is 24.6. The number of phenols is 1. The van der Waals surface area contributed by atoms with E-state index in [0.717, 1.165) is 11.6 Å². The summed E-state index contributed by atoms with van der Waals surface area (Å²) in [7, 11) is 1.43. The molecule has 0 aliphatic heterocycles. The van der Waals surface area contributed by atoms with Crippen LogP contribution < -0.4 is 24.8 Å². The molecule has 0 unspecified atom stereocenters. The quantitative estimate of drug-likeness (QED) is 0.124. The molecule has 5 aromatic rings. The Labute approximate surface area is 262 Å². The number of nitrogens with one attached hydrogen (secondary N) is 2. The number of benzene rings is 2. The summed E-state index contributed by atoms with van der Waals surface area (Å²) in [4.78, 5) is 37.2. The molecule has 0 aliphatic rings. The summed E-state index contributed by atoms with van der Waals surface area (Å²) in [5.74, 6) is -1.38. The molecule has 0 aliphatic carbocycles. The van der Waals surface area contributed by atoms with Crippen molar-refractivity contribution in [3.8, 4) is 29.0 Å². The molecule has 11 nitrogen and oxygen atoms in total. The first-order valence-electron chi connectivity index (χ1n) is 14.2. The third-order valence-electron chi connectivity index (χ3n) is 6.61. The molecule has 0 saturated heterocycles. The lowest BCUT2D eigenvalue weighted by Gasteiger charge is -2.13. The normalized spacial score (nSPS) is 10.8. The summed E-state index contributed by atoms with van der Waals surface area (Å²) in [5.41, 5.74) is 2.12. The molecule has 5 rings (SSSR count). The number of hydrogen-bond donors (Lipinski definition) is 3. The summed E-state index contributed by atoms with van der Waals surface area (Å²) >= 11 is 0. The molecular weight excluding hydrogens is 600 g/mol. The van der Waals surface area contributed by atoms with Gasteiger partial charge in [0.05, 0.1) is 24.5 Å². The van der Waals surface area contributed by atoms with Crippen molar-refractivity contribution in [1.29, 1.82) is 0 Å². The first-order chi connectivity index (χ1) is 22.3. The smallest absolute Gasteiger partial charge is 0.257 e. The number of aromatic hydroxyl groups is 1. The van der Waals surface area contributed by atoms with Crippen molar-refractivity contribution in [1.82, 2.24) is 15.0 Å². The number of halogens is 2. The van der Waals surface area contributed by atoms with E-state index in [1.807, 2.05) is 0 Å². The summed E-state index contributed by atoms with van der Waals surface area (Å²) in [5, 5.41) is 14.7. The molecule has 46 heavy (non-hydrogen) atoms. The molecule has 3 aromatic heterocycles. The van der Waals surface area contributed by atoms with Crippen LogP contribution in [-0.2, 0) is 16.2 Å². The Morgan fingerprint density at radius 1 is 0.826 bits per heavy atom. The first kappa shape index (κ1) is 31.6. The van der Waals surface area contributed by atoms with Gasteiger partial charge in [-0.05, 0) is 54.8 Å². The second-order valence-corrected chi connectivity index (χ2v) is 10.1. The van der Waals surface area contributed by atoms with Gasteiger partial charge in [0, 0.05) is 42.9 Å². The first-order valence-corrected chi connectivity index (χ1v) is 14.2. The molecule has 3 heterocycles. The van der Waals surface area contributed by atoms with Crippen molar-refractivity contribution in [3.63, 3.8) is 0 Å². The average molecular weight is 630 g/mol. The molecule has 3 N–H and O–H groups in total. The summed E-state index contributed by atoms with van der Waals surface area (Å²) in [6.07, 6.45) is 3.90. The molecule has 0 bridgehead atoms. The Balaban J connectivity index is 1.15. The summed E-state index contributed by atoms with van der Waals surface area (Å²) < 4.78 is 45.0. The Morgan fingerprint density at radius 2 is 1.52 bits per heavy atom. The van der Waals surface area contributed by atoms with Crippen molar-refractivity contribution >= 4 is 34.2 Å². The number of carbonyl (C=O) groups excluding carboxylic acids is 2. The fourth-order valence-electron chi connectivity index (χ4n) is 4.32. The van der Waals surface area contributed by atoms with E-state index in [-0.39, 0.29) is 65.7 Å². The SMILES string of the molecule is COc1nc2c(Oc3ncc(NC(=O)CCCCC(=O)Nc4ccc(F)cc4)cc3F)ccnc2cc1OCc1ccc(O)cc1. The molecule has 0 fully saturated rings. The van der Waals surface area contributed by atoms with E-state index in [1.54, 1.807) is 30.3 Å². The van der Waals surface area contributed by atoms with E-state index in [1.165, 1.54) is 49.8 Å². The minimum Gasteiger partial charge on any atom is -0.508 e. The number of rotatable bonds is 13. The van der Waals surface area contributed by atoms with Gasteiger partial charge in [0.1, 0.15) is 23.7 Å². The number of nitrogens with zero attached hydrogens (tertiary/aromatic N) is 3. The molecule has 0 radical (unpaired) electrons. The monoisotopic (exact) mass is 629 g/mol.